The van der Waals surface area contributed by atoms with E-state index in [1.54, 1.807) is 0 Å². The molecule has 1 unspecified atom stereocenters. The molecular formula is C8H16Y-2. The van der Waals surface area contributed by atoms with Gasteiger partial charge in [-0.1, -0.05) is 26.2 Å². The number of hydrogen-bond acceptors (Lipinski definition) is 0. The summed E-state index contributed by atoms with van der Waals surface area (Å²) < 4.78 is 0. The predicted octanol–water partition coefficient (Wildman–Crippen LogP) is 2.85. The molecule has 1 aliphatic rings. The van der Waals surface area contributed by atoms with Gasteiger partial charge in [-0.25, -0.2) is 0 Å². The minimum atomic E-state index is 0. The Balaban J connectivity index is 0. The van der Waals surface area contributed by atoms with Gasteiger partial charge in [-0.15, -0.1) is 0 Å². The molecular weight excluding hydrogens is 185 g/mol. The molecule has 1 heteroatoms. The van der Waals surface area contributed by atoms with E-state index in [0.717, 1.165) is 5.92 Å². The van der Waals surface area contributed by atoms with Crippen LogP contribution in [0.3, 0.4) is 0 Å². The SMILES string of the molecule is CCC1[CH-]CCC1.[CH3-].[Y]. The van der Waals surface area contributed by atoms with Crippen LogP contribution in [0.5, 0.6) is 0 Å². The zero-order valence-corrected chi connectivity index (χ0v) is 9.40. The molecule has 0 amide bonds. The first-order chi connectivity index (χ1) is 3.43. The van der Waals surface area contributed by atoms with E-state index in [1.807, 2.05) is 0 Å². The fourth-order valence-corrected chi connectivity index (χ4v) is 1.22. The van der Waals surface area contributed by atoms with Crippen LogP contribution in [0.4, 0.5) is 0 Å². The Kier molecular flexibility index (Phi) is 10.2. The van der Waals surface area contributed by atoms with Crippen LogP contribution in [0.25, 0.3) is 0 Å². The first kappa shape index (κ1) is 12.8. The van der Waals surface area contributed by atoms with Gasteiger partial charge < -0.3 is 13.8 Å². The zero-order chi connectivity index (χ0) is 5.11. The van der Waals surface area contributed by atoms with Crippen molar-refractivity contribution in [2.45, 2.75) is 32.6 Å². The third kappa shape index (κ3) is 4.50. The molecule has 53 valence electrons. The summed E-state index contributed by atoms with van der Waals surface area (Å²) in [6.45, 7) is 2.27. The average molecular weight is 201 g/mol. The largest absolute Gasteiger partial charge is 0.358 e. The standard InChI is InChI=1S/C7H13.CH3.Y/c1-2-7-5-3-4-6-7;;/h5,7H,2-4,6H2,1H3;1H3;/q2*-1;. The summed E-state index contributed by atoms with van der Waals surface area (Å²) in [4.78, 5) is 0. The molecule has 1 fully saturated rings. The maximum atomic E-state index is 2.46. The third-order valence-corrected chi connectivity index (χ3v) is 1.80. The van der Waals surface area contributed by atoms with Crippen molar-refractivity contribution in [2.75, 3.05) is 0 Å². The van der Waals surface area contributed by atoms with Gasteiger partial charge in [-0.3, -0.25) is 0 Å². The Bertz CT molecular complexity index is 46.5. The van der Waals surface area contributed by atoms with E-state index in [1.165, 1.54) is 25.7 Å². The van der Waals surface area contributed by atoms with Crippen molar-refractivity contribution in [1.29, 1.82) is 0 Å². The molecule has 0 spiro atoms. The molecule has 0 N–H and O–H groups in total. The minimum Gasteiger partial charge on any atom is -0.358 e. The fourth-order valence-electron chi connectivity index (χ4n) is 1.22. The van der Waals surface area contributed by atoms with Gasteiger partial charge in [0.15, 0.2) is 0 Å². The van der Waals surface area contributed by atoms with E-state index >= 15 is 0 Å². The van der Waals surface area contributed by atoms with Crippen LogP contribution >= 0.6 is 0 Å². The maximum absolute atomic E-state index is 2.46. The molecule has 0 bridgehead atoms. The molecule has 0 aromatic rings. The van der Waals surface area contributed by atoms with Crippen LogP contribution < -0.4 is 0 Å². The Morgan fingerprint density at radius 2 is 2.22 bits per heavy atom. The Hall–Kier alpha value is 1.10. The normalized spacial score (nSPS) is 24.3. The van der Waals surface area contributed by atoms with Gasteiger partial charge in [-0.2, -0.15) is 12.3 Å². The van der Waals surface area contributed by atoms with Crippen LogP contribution in [0, 0.1) is 19.8 Å². The van der Waals surface area contributed by atoms with E-state index in [0.29, 0.717) is 0 Å². The first-order valence-corrected chi connectivity index (χ1v) is 3.27. The fraction of sp³-hybridized carbons (Fsp3) is 0.750. The van der Waals surface area contributed by atoms with Crippen LogP contribution in [0.2, 0.25) is 0 Å². The number of hydrogen-bond donors (Lipinski definition) is 0. The molecule has 1 rings (SSSR count). The summed E-state index contributed by atoms with van der Waals surface area (Å²) in [5.74, 6) is 0.972. The second-order valence-electron chi connectivity index (χ2n) is 2.33. The Morgan fingerprint density at radius 3 is 2.44 bits per heavy atom. The monoisotopic (exact) mass is 201 g/mol. The molecule has 0 aliphatic heterocycles. The van der Waals surface area contributed by atoms with Crippen molar-refractivity contribution in [3.8, 4) is 0 Å². The molecule has 9 heavy (non-hydrogen) atoms. The second kappa shape index (κ2) is 7.21. The van der Waals surface area contributed by atoms with Gasteiger partial charge >= 0.3 is 0 Å². The van der Waals surface area contributed by atoms with Crippen LogP contribution in [0.1, 0.15) is 32.6 Å². The van der Waals surface area contributed by atoms with Gasteiger partial charge in [0, 0.05) is 32.7 Å². The summed E-state index contributed by atoms with van der Waals surface area (Å²) in [6, 6.07) is 0. The van der Waals surface area contributed by atoms with Crippen molar-refractivity contribution in [3.63, 3.8) is 0 Å². The van der Waals surface area contributed by atoms with Gasteiger partial charge in [0.2, 0.25) is 0 Å². The van der Waals surface area contributed by atoms with Crippen LogP contribution in [0.15, 0.2) is 0 Å². The predicted molar refractivity (Wildman–Crippen MR) is 38.3 cm³/mol. The molecule has 1 radical (unpaired) electrons. The molecule has 0 aromatic carbocycles. The molecule has 1 aliphatic carbocycles. The molecule has 1 atom stereocenters. The zero-order valence-electron chi connectivity index (χ0n) is 6.56. The molecule has 0 aromatic heterocycles. The van der Waals surface area contributed by atoms with E-state index in [2.05, 4.69) is 13.3 Å². The van der Waals surface area contributed by atoms with Crippen molar-refractivity contribution in [1.82, 2.24) is 0 Å². The summed E-state index contributed by atoms with van der Waals surface area (Å²) in [6.07, 6.45) is 8.09. The smallest absolute Gasteiger partial charge is 0 e. The van der Waals surface area contributed by atoms with E-state index in [-0.39, 0.29) is 40.1 Å². The summed E-state index contributed by atoms with van der Waals surface area (Å²) >= 11 is 0. The Labute approximate surface area is 84.7 Å². The molecule has 0 nitrogen and oxygen atoms in total. The summed E-state index contributed by atoms with van der Waals surface area (Å²) in [7, 11) is 0. The van der Waals surface area contributed by atoms with Crippen molar-refractivity contribution in [3.05, 3.63) is 13.8 Å². The van der Waals surface area contributed by atoms with Gasteiger partial charge in [0.1, 0.15) is 0 Å². The van der Waals surface area contributed by atoms with E-state index in [9.17, 15) is 0 Å². The van der Waals surface area contributed by atoms with Crippen LogP contribution in [-0.4, -0.2) is 0 Å². The molecule has 1 saturated carbocycles. The van der Waals surface area contributed by atoms with Crippen molar-refractivity contribution in [2.24, 2.45) is 5.92 Å². The van der Waals surface area contributed by atoms with Crippen LogP contribution in [-0.2, 0) is 32.7 Å². The first-order valence-electron chi connectivity index (χ1n) is 3.27. The minimum absolute atomic E-state index is 0. The summed E-state index contributed by atoms with van der Waals surface area (Å²) in [5.41, 5.74) is 0. The third-order valence-electron chi connectivity index (χ3n) is 1.80. The van der Waals surface area contributed by atoms with Gasteiger partial charge in [0.05, 0.1) is 0 Å². The molecule has 0 saturated heterocycles. The topological polar surface area (TPSA) is 0 Å². The number of rotatable bonds is 1. The van der Waals surface area contributed by atoms with Gasteiger partial charge in [-0.05, 0) is 0 Å². The quantitative estimate of drug-likeness (QED) is 0.572. The summed E-state index contributed by atoms with van der Waals surface area (Å²) in [5, 5.41) is 0. The average Bonchev–Trinajstić information content (AvgIpc) is 2.14. The van der Waals surface area contributed by atoms with E-state index in [4.69, 9.17) is 0 Å². The van der Waals surface area contributed by atoms with E-state index < -0.39 is 0 Å². The van der Waals surface area contributed by atoms with Crippen molar-refractivity contribution < 1.29 is 32.7 Å². The molecule has 0 heterocycles. The Morgan fingerprint density at radius 1 is 1.56 bits per heavy atom. The second-order valence-corrected chi connectivity index (χ2v) is 2.33. The maximum Gasteiger partial charge on any atom is 0 e. The van der Waals surface area contributed by atoms with Crippen molar-refractivity contribution >= 4 is 0 Å². The van der Waals surface area contributed by atoms with Gasteiger partial charge in [0.25, 0.3) is 0 Å².